The molecule has 1 unspecified atom stereocenters. The Labute approximate surface area is 92.0 Å². The van der Waals surface area contributed by atoms with E-state index in [2.05, 4.69) is 27.7 Å². The van der Waals surface area contributed by atoms with Crippen molar-refractivity contribution in [1.82, 2.24) is 0 Å². The molecule has 0 aromatic heterocycles. The van der Waals surface area contributed by atoms with Gasteiger partial charge in [-0.15, -0.1) is 0 Å². The van der Waals surface area contributed by atoms with Crippen molar-refractivity contribution in [3.63, 3.8) is 0 Å². The quantitative estimate of drug-likeness (QED) is 0.715. The molecule has 0 saturated heterocycles. The summed E-state index contributed by atoms with van der Waals surface area (Å²) in [6, 6.07) is 0. The number of thioether (sulfide) groups is 1. The number of ketones is 1. The maximum atomic E-state index is 11.9. The number of carbonyl (C=O) groups excluding carboxylic acids is 1. The second-order valence-electron chi connectivity index (χ2n) is 4.94. The molecule has 0 bridgehead atoms. The van der Waals surface area contributed by atoms with Crippen molar-refractivity contribution in [1.29, 1.82) is 0 Å². The van der Waals surface area contributed by atoms with E-state index >= 15 is 0 Å². The topological polar surface area (TPSA) is 17.1 Å². The molecule has 0 heterocycles. The van der Waals surface area contributed by atoms with Crippen LogP contribution in [0.4, 0.5) is 0 Å². The highest BCUT2D eigenvalue weighted by molar-refractivity contribution is 8.00. The van der Waals surface area contributed by atoms with Gasteiger partial charge in [0.25, 0.3) is 0 Å². The Bertz CT molecular complexity index is 210. The van der Waals surface area contributed by atoms with Crippen LogP contribution in [-0.4, -0.2) is 16.3 Å². The van der Waals surface area contributed by atoms with Gasteiger partial charge in [0.2, 0.25) is 0 Å². The van der Waals surface area contributed by atoms with Gasteiger partial charge < -0.3 is 0 Å². The third kappa shape index (κ3) is 2.75. The largest absolute Gasteiger partial charge is 0.299 e. The Morgan fingerprint density at radius 1 is 1.43 bits per heavy atom. The maximum absolute atomic E-state index is 11.9. The second-order valence-corrected chi connectivity index (χ2v) is 6.86. The third-order valence-electron chi connectivity index (χ3n) is 3.24. The van der Waals surface area contributed by atoms with Crippen LogP contribution in [0.15, 0.2) is 0 Å². The summed E-state index contributed by atoms with van der Waals surface area (Å²) in [6.45, 7) is 8.80. The van der Waals surface area contributed by atoms with Crippen molar-refractivity contribution in [2.45, 2.75) is 51.7 Å². The Kier molecular flexibility index (Phi) is 4.05. The monoisotopic (exact) mass is 214 g/mol. The van der Waals surface area contributed by atoms with Gasteiger partial charge in [-0.1, -0.05) is 27.7 Å². The minimum Gasteiger partial charge on any atom is -0.299 e. The number of Topliss-reactive ketones (excluding diaryl/α,β-unsaturated/α-hetero) is 1. The van der Waals surface area contributed by atoms with E-state index < -0.39 is 0 Å². The van der Waals surface area contributed by atoms with Crippen molar-refractivity contribution in [3.05, 3.63) is 0 Å². The predicted molar refractivity (Wildman–Crippen MR) is 63.7 cm³/mol. The molecule has 0 amide bonds. The molecule has 82 valence electrons. The minimum atomic E-state index is 0.145. The highest BCUT2D eigenvalue weighted by Gasteiger charge is 2.37. The lowest BCUT2D eigenvalue weighted by molar-refractivity contribution is -0.126. The standard InChI is InChI=1S/C12H22OS/c1-5-14-12(3,4)10-7-6-9(2)8-11(10)13/h9-10H,5-8H2,1-4H3/t9-,10?/m1/s1. The molecule has 2 atom stereocenters. The Morgan fingerprint density at radius 2 is 2.07 bits per heavy atom. The zero-order chi connectivity index (χ0) is 10.8. The van der Waals surface area contributed by atoms with Crippen LogP contribution in [0.5, 0.6) is 0 Å². The van der Waals surface area contributed by atoms with Crippen LogP contribution in [0.1, 0.15) is 47.0 Å². The predicted octanol–water partition coefficient (Wildman–Crippen LogP) is 3.52. The Hall–Kier alpha value is 0.0200. The van der Waals surface area contributed by atoms with Crippen LogP contribution in [-0.2, 0) is 4.79 Å². The zero-order valence-electron chi connectivity index (χ0n) is 9.80. The SMILES string of the molecule is CCSC(C)(C)C1CC[C@@H](C)CC1=O. The normalized spacial score (nSPS) is 29.3. The van der Waals surface area contributed by atoms with Gasteiger partial charge in [0.05, 0.1) is 0 Å². The minimum absolute atomic E-state index is 0.145. The number of rotatable bonds is 3. The first-order chi connectivity index (χ1) is 6.47. The molecule has 2 heteroatoms. The molecule has 14 heavy (non-hydrogen) atoms. The van der Waals surface area contributed by atoms with Gasteiger partial charge in [0.15, 0.2) is 0 Å². The van der Waals surface area contributed by atoms with Crippen LogP contribution in [0.25, 0.3) is 0 Å². The Morgan fingerprint density at radius 3 is 2.57 bits per heavy atom. The van der Waals surface area contributed by atoms with Gasteiger partial charge >= 0.3 is 0 Å². The highest BCUT2D eigenvalue weighted by Crippen LogP contribution is 2.40. The van der Waals surface area contributed by atoms with Gasteiger partial charge in [-0.3, -0.25) is 4.79 Å². The summed E-state index contributed by atoms with van der Waals surface area (Å²) in [5.74, 6) is 2.51. The summed E-state index contributed by atoms with van der Waals surface area (Å²) in [4.78, 5) is 11.9. The molecule has 1 fully saturated rings. The molecule has 1 nitrogen and oxygen atoms in total. The van der Waals surface area contributed by atoms with Crippen molar-refractivity contribution in [2.75, 3.05) is 5.75 Å². The summed E-state index contributed by atoms with van der Waals surface area (Å²) >= 11 is 1.92. The van der Waals surface area contributed by atoms with E-state index in [-0.39, 0.29) is 4.75 Å². The van der Waals surface area contributed by atoms with Crippen LogP contribution < -0.4 is 0 Å². The molecule has 1 aliphatic rings. The van der Waals surface area contributed by atoms with Crippen LogP contribution >= 0.6 is 11.8 Å². The first-order valence-electron chi connectivity index (χ1n) is 5.64. The fourth-order valence-corrected chi connectivity index (χ4v) is 3.60. The summed E-state index contributed by atoms with van der Waals surface area (Å²) in [5.41, 5.74) is 0. The second kappa shape index (κ2) is 4.69. The smallest absolute Gasteiger partial charge is 0.137 e. The van der Waals surface area contributed by atoms with Gasteiger partial charge in [-0.2, -0.15) is 11.8 Å². The summed E-state index contributed by atoms with van der Waals surface area (Å²) in [5, 5.41) is 0. The van der Waals surface area contributed by atoms with Gasteiger partial charge in [0, 0.05) is 17.1 Å². The van der Waals surface area contributed by atoms with E-state index in [9.17, 15) is 4.79 Å². The van der Waals surface area contributed by atoms with Gasteiger partial charge in [-0.25, -0.2) is 0 Å². The molecule has 0 aromatic carbocycles. The molecule has 0 N–H and O–H groups in total. The lowest BCUT2D eigenvalue weighted by atomic mass is 9.76. The maximum Gasteiger partial charge on any atom is 0.137 e. The summed E-state index contributed by atoms with van der Waals surface area (Å²) in [6.07, 6.45) is 3.13. The van der Waals surface area contributed by atoms with E-state index in [0.717, 1.165) is 18.6 Å². The fraction of sp³-hybridized carbons (Fsp3) is 0.917. The lowest BCUT2D eigenvalue weighted by Gasteiger charge is -2.36. The van der Waals surface area contributed by atoms with Crippen LogP contribution in [0.3, 0.4) is 0 Å². The molecule has 0 aliphatic heterocycles. The number of carbonyl (C=O) groups is 1. The van der Waals surface area contributed by atoms with Gasteiger partial charge in [-0.05, 0) is 24.5 Å². The first-order valence-corrected chi connectivity index (χ1v) is 6.62. The average molecular weight is 214 g/mol. The van der Waals surface area contributed by atoms with Crippen molar-refractivity contribution < 1.29 is 4.79 Å². The molecule has 0 aromatic rings. The van der Waals surface area contributed by atoms with E-state index in [1.54, 1.807) is 0 Å². The Balaban J connectivity index is 2.63. The molecule has 0 radical (unpaired) electrons. The molecular weight excluding hydrogens is 192 g/mol. The molecule has 1 rings (SSSR count). The van der Waals surface area contributed by atoms with Gasteiger partial charge in [0.1, 0.15) is 5.78 Å². The average Bonchev–Trinajstić information content (AvgIpc) is 2.02. The van der Waals surface area contributed by atoms with Crippen LogP contribution in [0, 0.1) is 11.8 Å². The lowest BCUT2D eigenvalue weighted by Crippen LogP contribution is -2.38. The zero-order valence-corrected chi connectivity index (χ0v) is 10.6. The van der Waals surface area contributed by atoms with Crippen molar-refractivity contribution in [3.8, 4) is 0 Å². The van der Waals surface area contributed by atoms with E-state index in [1.165, 1.54) is 6.42 Å². The van der Waals surface area contributed by atoms with Crippen molar-refractivity contribution >= 4 is 17.5 Å². The van der Waals surface area contributed by atoms with E-state index in [0.29, 0.717) is 17.6 Å². The first kappa shape index (κ1) is 12.1. The highest BCUT2D eigenvalue weighted by atomic mass is 32.2. The van der Waals surface area contributed by atoms with E-state index in [4.69, 9.17) is 0 Å². The van der Waals surface area contributed by atoms with Crippen molar-refractivity contribution in [2.24, 2.45) is 11.8 Å². The molecular formula is C12H22OS. The summed E-state index contributed by atoms with van der Waals surface area (Å²) < 4.78 is 0.145. The van der Waals surface area contributed by atoms with E-state index in [1.807, 2.05) is 11.8 Å². The molecule has 0 spiro atoms. The molecule has 1 aliphatic carbocycles. The fourth-order valence-electron chi connectivity index (χ4n) is 2.41. The number of hydrogen-bond donors (Lipinski definition) is 0. The molecule has 1 saturated carbocycles. The number of hydrogen-bond acceptors (Lipinski definition) is 2. The third-order valence-corrected chi connectivity index (χ3v) is 4.56. The summed E-state index contributed by atoms with van der Waals surface area (Å²) in [7, 11) is 0. The van der Waals surface area contributed by atoms with Crippen LogP contribution in [0.2, 0.25) is 0 Å².